The minimum absolute atomic E-state index is 0.0108. The highest BCUT2D eigenvalue weighted by atomic mass is 19.4. The van der Waals surface area contributed by atoms with Gasteiger partial charge < -0.3 is 35.1 Å². The van der Waals surface area contributed by atoms with Gasteiger partial charge in [0.25, 0.3) is 0 Å². The molecule has 4 rings (SSSR count). The first-order chi connectivity index (χ1) is 29.6. The number of ether oxygens (including phenoxy) is 3. The molecule has 13 nitrogen and oxygen atoms in total. The molecule has 1 aliphatic carbocycles. The number of aliphatic carboxylic acids is 2. The number of amides is 1. The van der Waals surface area contributed by atoms with Crippen LogP contribution in [0.4, 0.5) is 33.3 Å². The van der Waals surface area contributed by atoms with Gasteiger partial charge in [-0.3, -0.25) is 19.2 Å². The van der Waals surface area contributed by atoms with Crippen LogP contribution in [0.5, 0.6) is 11.5 Å². The number of anilines is 2. The van der Waals surface area contributed by atoms with Gasteiger partial charge in [-0.25, -0.2) is 9.59 Å². The average molecular weight is 889 g/mol. The summed E-state index contributed by atoms with van der Waals surface area (Å²) in [7, 11) is 0. The van der Waals surface area contributed by atoms with Crippen molar-refractivity contribution < 1.29 is 75.1 Å². The number of carbonyl (C=O) groups is 6. The zero-order valence-electron chi connectivity index (χ0n) is 34.9. The number of alkyl halides is 5. The van der Waals surface area contributed by atoms with Crippen molar-refractivity contribution in [2.75, 3.05) is 23.8 Å². The highest BCUT2D eigenvalue weighted by molar-refractivity contribution is 5.99. The number of esters is 2. The third-order valence-electron chi connectivity index (χ3n) is 10.2. The first kappa shape index (κ1) is 49.3. The second-order valence-corrected chi connectivity index (χ2v) is 15.7. The number of nitrogens with one attached hydrogen (secondary N) is 2. The van der Waals surface area contributed by atoms with Crippen LogP contribution in [-0.2, 0) is 35.1 Å². The minimum Gasteiger partial charge on any atom is -0.494 e. The van der Waals surface area contributed by atoms with Gasteiger partial charge in [0, 0.05) is 54.6 Å². The first-order valence-corrected chi connectivity index (χ1v) is 20.1. The third kappa shape index (κ3) is 14.1. The Balaban J connectivity index is 1.28. The molecule has 1 aliphatic rings. The van der Waals surface area contributed by atoms with Gasteiger partial charge in [0.2, 0.25) is 5.91 Å². The van der Waals surface area contributed by atoms with Gasteiger partial charge in [-0.05, 0) is 98.3 Å². The summed E-state index contributed by atoms with van der Waals surface area (Å²) in [5.74, 6) is -14.4. The van der Waals surface area contributed by atoms with Crippen LogP contribution in [0.1, 0.15) is 74.9 Å². The Labute approximate surface area is 360 Å². The standard InChI is InChI=1S/C45H49F5N2O11/c1-25(2)40(56)38-30(23-36(53)54)22-34(39(38)42(58)59)41(57)52-31-12-9-28(35(24-31)51-26(3)4)18-21-62-37(55)17-8-27-6-13-33(14-7-27)63-43(60)29-10-15-32(16-11-29)61-20-5-19-44(46,47)45(48,49)50/h6-17,24-26,30,34,38-39,51H,5,18-23H2,1-4H3,(H,52,57)(H,53,54)(H,58,59)/b17-8+. The van der Waals surface area contributed by atoms with Gasteiger partial charge in [0.15, 0.2) is 0 Å². The Morgan fingerprint density at radius 3 is 2.08 bits per heavy atom. The van der Waals surface area contributed by atoms with Crippen molar-refractivity contribution in [3.05, 3.63) is 89.5 Å². The van der Waals surface area contributed by atoms with Gasteiger partial charge >= 0.3 is 36.0 Å². The average Bonchev–Trinajstić information content (AvgIpc) is 3.58. The monoisotopic (exact) mass is 888 g/mol. The van der Waals surface area contributed by atoms with E-state index < -0.39 is 96.5 Å². The second kappa shape index (κ2) is 21.6. The Hall–Kier alpha value is -6.33. The Kier molecular flexibility index (Phi) is 16.9. The number of carboxylic acid groups (broad SMARTS) is 2. The van der Waals surface area contributed by atoms with Crippen molar-refractivity contribution in [2.45, 2.75) is 77.9 Å². The number of hydrogen-bond donors (Lipinski definition) is 4. The Morgan fingerprint density at radius 1 is 0.841 bits per heavy atom. The minimum atomic E-state index is -5.63. The van der Waals surface area contributed by atoms with Crippen LogP contribution in [0.25, 0.3) is 6.08 Å². The summed E-state index contributed by atoms with van der Waals surface area (Å²) in [5.41, 5.74) is 2.40. The van der Waals surface area contributed by atoms with Crippen LogP contribution in [0.2, 0.25) is 0 Å². The van der Waals surface area contributed by atoms with Crippen LogP contribution < -0.4 is 20.1 Å². The number of rotatable bonds is 21. The molecule has 1 saturated carbocycles. The summed E-state index contributed by atoms with van der Waals surface area (Å²) < 4.78 is 78.9. The van der Waals surface area contributed by atoms with Crippen molar-refractivity contribution in [3.63, 3.8) is 0 Å². The maximum atomic E-state index is 13.5. The van der Waals surface area contributed by atoms with Gasteiger partial charge in [-0.15, -0.1) is 0 Å². The fourth-order valence-corrected chi connectivity index (χ4v) is 7.14. The fraction of sp³-hybridized carbons (Fsp3) is 0.422. The van der Waals surface area contributed by atoms with E-state index in [9.17, 15) is 60.9 Å². The summed E-state index contributed by atoms with van der Waals surface area (Å²) in [6.07, 6.45) is -5.13. The lowest BCUT2D eigenvalue weighted by Gasteiger charge is -2.23. The number of benzene rings is 3. The number of Topliss-reactive ketones (excluding diaryl/α,β-unsaturated/α-hetero) is 1. The zero-order chi connectivity index (χ0) is 46.6. The molecule has 4 atom stereocenters. The molecule has 3 aromatic rings. The topological polar surface area (TPSA) is 195 Å². The SMILES string of the molecule is CC(C)Nc1cc(NC(=O)C2CC(CC(=O)O)C(C(=O)C(C)C)C2C(=O)O)ccc1CCOC(=O)/C=C/c1ccc(OC(=O)c2ccc(OCCCC(F)(F)C(F)(F)F)cc2)cc1. The molecule has 0 heterocycles. The molecular formula is C45H49F5N2O11. The maximum Gasteiger partial charge on any atom is 0.453 e. The number of ketones is 1. The van der Waals surface area contributed by atoms with Gasteiger partial charge in [-0.1, -0.05) is 32.0 Å². The van der Waals surface area contributed by atoms with Gasteiger partial charge in [0.05, 0.1) is 30.6 Å². The summed E-state index contributed by atoms with van der Waals surface area (Å²) in [5, 5.41) is 25.6. The van der Waals surface area contributed by atoms with Crippen LogP contribution in [0.3, 0.4) is 0 Å². The second-order valence-electron chi connectivity index (χ2n) is 15.7. The quantitative estimate of drug-likeness (QED) is 0.0262. The van der Waals surface area contributed by atoms with E-state index >= 15 is 0 Å². The summed E-state index contributed by atoms with van der Waals surface area (Å²) in [6.45, 7) is 6.61. The van der Waals surface area contributed by atoms with Crippen LogP contribution in [0.15, 0.2) is 72.8 Å². The first-order valence-electron chi connectivity index (χ1n) is 20.1. The lowest BCUT2D eigenvalue weighted by atomic mass is 9.79. The van der Waals surface area contributed by atoms with E-state index in [0.717, 1.165) is 5.56 Å². The van der Waals surface area contributed by atoms with E-state index in [4.69, 9.17) is 14.2 Å². The molecule has 0 saturated heterocycles. The van der Waals surface area contributed by atoms with E-state index in [-0.39, 0.29) is 49.2 Å². The predicted octanol–water partition coefficient (Wildman–Crippen LogP) is 8.47. The molecule has 1 amide bonds. The molecule has 0 radical (unpaired) electrons. The smallest absolute Gasteiger partial charge is 0.453 e. The fourth-order valence-electron chi connectivity index (χ4n) is 7.14. The molecule has 3 aromatic carbocycles. The number of carboxylic acids is 2. The molecule has 63 heavy (non-hydrogen) atoms. The Morgan fingerprint density at radius 2 is 1.49 bits per heavy atom. The molecule has 4 N–H and O–H groups in total. The molecule has 0 aromatic heterocycles. The van der Waals surface area contributed by atoms with E-state index in [1.54, 1.807) is 44.2 Å². The molecule has 0 spiro atoms. The lowest BCUT2D eigenvalue weighted by molar-refractivity contribution is -0.284. The molecule has 0 bridgehead atoms. The van der Waals surface area contributed by atoms with Crippen molar-refractivity contribution in [1.29, 1.82) is 0 Å². The highest BCUT2D eigenvalue weighted by Gasteiger charge is 2.56. The Bertz CT molecular complexity index is 2140. The van der Waals surface area contributed by atoms with Crippen LogP contribution >= 0.6 is 0 Å². The lowest BCUT2D eigenvalue weighted by Crippen LogP contribution is -2.37. The number of hydrogen-bond acceptors (Lipinski definition) is 10. The normalized spacial score (nSPS) is 17.7. The number of carbonyl (C=O) groups excluding carboxylic acids is 4. The summed E-state index contributed by atoms with van der Waals surface area (Å²) >= 11 is 0. The van der Waals surface area contributed by atoms with Crippen molar-refractivity contribution in [2.24, 2.45) is 29.6 Å². The van der Waals surface area contributed by atoms with E-state index in [1.165, 1.54) is 48.6 Å². The van der Waals surface area contributed by atoms with E-state index in [0.29, 0.717) is 16.9 Å². The molecule has 340 valence electrons. The van der Waals surface area contributed by atoms with E-state index in [2.05, 4.69) is 10.6 Å². The van der Waals surface area contributed by atoms with Gasteiger partial charge in [0.1, 0.15) is 17.3 Å². The van der Waals surface area contributed by atoms with E-state index in [1.807, 2.05) is 13.8 Å². The zero-order valence-corrected chi connectivity index (χ0v) is 34.9. The highest BCUT2D eigenvalue weighted by Crippen LogP contribution is 2.46. The maximum absolute atomic E-state index is 13.5. The van der Waals surface area contributed by atoms with Gasteiger partial charge in [-0.2, -0.15) is 22.0 Å². The molecule has 0 aliphatic heterocycles. The molecular weight excluding hydrogens is 839 g/mol. The molecule has 18 heteroatoms. The van der Waals surface area contributed by atoms with Crippen LogP contribution in [-0.4, -0.2) is 77.1 Å². The summed E-state index contributed by atoms with van der Waals surface area (Å²) in [4.78, 5) is 75.7. The van der Waals surface area contributed by atoms with Crippen molar-refractivity contribution >= 4 is 53.0 Å². The van der Waals surface area contributed by atoms with Crippen molar-refractivity contribution in [3.8, 4) is 11.5 Å². The molecule has 1 fully saturated rings. The third-order valence-corrected chi connectivity index (χ3v) is 10.2. The van der Waals surface area contributed by atoms with Crippen molar-refractivity contribution in [1.82, 2.24) is 0 Å². The number of halogens is 5. The van der Waals surface area contributed by atoms with Crippen LogP contribution in [0, 0.1) is 29.6 Å². The largest absolute Gasteiger partial charge is 0.494 e. The molecule has 4 unspecified atom stereocenters. The summed E-state index contributed by atoms with van der Waals surface area (Å²) in [6, 6.07) is 16.5. The predicted molar refractivity (Wildman–Crippen MR) is 219 cm³/mol.